The molecule has 1 heterocycles. The molecule has 1 aromatic carbocycles. The second-order valence-electron chi connectivity index (χ2n) is 3.62. The Morgan fingerprint density at radius 3 is 2.38 bits per heavy atom. The van der Waals surface area contributed by atoms with Crippen LogP contribution in [0.15, 0.2) is 24.3 Å². The minimum absolute atomic E-state index is 0.284. The molecule has 4 heteroatoms. The topological polar surface area (TPSA) is 34.9 Å². The molecule has 0 aliphatic carbocycles. The third-order valence-corrected chi connectivity index (χ3v) is 2.67. The van der Waals surface area contributed by atoms with Crippen molar-refractivity contribution in [3.8, 4) is 11.3 Å². The first-order valence-corrected chi connectivity index (χ1v) is 4.90. The van der Waals surface area contributed by atoms with Crippen LogP contribution < -0.4 is 0 Å². The zero-order valence-corrected chi connectivity index (χ0v) is 9.07. The van der Waals surface area contributed by atoms with Crippen LogP contribution >= 0.6 is 0 Å². The number of rotatable bonds is 2. The van der Waals surface area contributed by atoms with Crippen LogP contribution in [0.4, 0.5) is 4.39 Å². The van der Waals surface area contributed by atoms with Crippen molar-refractivity contribution in [3.05, 3.63) is 41.3 Å². The summed E-state index contributed by atoms with van der Waals surface area (Å²) in [5, 5.41) is 4.15. The molecule has 0 atom stereocenters. The van der Waals surface area contributed by atoms with Gasteiger partial charge in [-0.25, -0.2) is 9.07 Å². The molecule has 0 spiro atoms. The fraction of sp³-hybridized carbons (Fsp3) is 0.167. The van der Waals surface area contributed by atoms with Crippen LogP contribution in [0.25, 0.3) is 11.3 Å². The highest BCUT2D eigenvalue weighted by atomic mass is 19.1. The lowest BCUT2D eigenvalue weighted by molar-refractivity contribution is 0.539. The van der Waals surface area contributed by atoms with Crippen molar-refractivity contribution in [1.29, 1.82) is 0 Å². The van der Waals surface area contributed by atoms with Crippen molar-refractivity contribution in [2.75, 3.05) is 0 Å². The van der Waals surface area contributed by atoms with Gasteiger partial charge in [0, 0.05) is 11.3 Å². The standard InChI is InChI=1S/C12H11FN2O/c1-8-9(2)15(7-16)14-12(8)10-3-5-11(13)6-4-10/h3-7H,1-2H3. The number of halogens is 1. The van der Waals surface area contributed by atoms with E-state index in [2.05, 4.69) is 5.10 Å². The molecule has 2 aromatic rings. The summed E-state index contributed by atoms with van der Waals surface area (Å²) in [7, 11) is 0. The number of aromatic nitrogens is 2. The Morgan fingerprint density at radius 2 is 1.88 bits per heavy atom. The highest BCUT2D eigenvalue weighted by Crippen LogP contribution is 2.23. The summed E-state index contributed by atoms with van der Waals surface area (Å²) >= 11 is 0. The minimum Gasteiger partial charge on any atom is -0.276 e. The van der Waals surface area contributed by atoms with Crippen LogP contribution in [-0.2, 0) is 4.79 Å². The van der Waals surface area contributed by atoms with Crippen LogP contribution in [-0.4, -0.2) is 16.2 Å². The average Bonchev–Trinajstić information content (AvgIpc) is 2.57. The Kier molecular flexibility index (Phi) is 2.56. The lowest BCUT2D eigenvalue weighted by Gasteiger charge is -1.97. The molecule has 0 aliphatic rings. The van der Waals surface area contributed by atoms with Crippen LogP contribution in [0, 0.1) is 19.7 Å². The molecule has 0 unspecified atom stereocenters. The molecular weight excluding hydrogens is 207 g/mol. The largest absolute Gasteiger partial charge is 0.276 e. The lowest BCUT2D eigenvalue weighted by Crippen LogP contribution is -1.99. The molecule has 82 valence electrons. The molecule has 0 bridgehead atoms. The fourth-order valence-corrected chi connectivity index (χ4v) is 1.59. The highest BCUT2D eigenvalue weighted by Gasteiger charge is 2.11. The van der Waals surface area contributed by atoms with E-state index in [1.165, 1.54) is 16.8 Å². The monoisotopic (exact) mass is 218 g/mol. The van der Waals surface area contributed by atoms with Gasteiger partial charge in [-0.15, -0.1) is 0 Å². The molecular formula is C12H11FN2O. The third kappa shape index (κ3) is 1.62. The summed E-state index contributed by atoms with van der Waals surface area (Å²) in [6, 6.07) is 6.06. The van der Waals surface area contributed by atoms with Crippen molar-refractivity contribution >= 4 is 6.41 Å². The maximum Gasteiger partial charge on any atom is 0.234 e. The first kappa shape index (κ1) is 10.5. The van der Waals surface area contributed by atoms with Gasteiger partial charge in [0.1, 0.15) is 5.82 Å². The van der Waals surface area contributed by atoms with E-state index in [1.807, 2.05) is 13.8 Å². The zero-order chi connectivity index (χ0) is 11.7. The molecule has 2 rings (SSSR count). The maximum absolute atomic E-state index is 12.8. The van der Waals surface area contributed by atoms with E-state index in [0.29, 0.717) is 12.1 Å². The lowest BCUT2D eigenvalue weighted by atomic mass is 10.1. The zero-order valence-electron chi connectivity index (χ0n) is 9.07. The number of nitrogens with zero attached hydrogens (tertiary/aromatic N) is 2. The molecule has 16 heavy (non-hydrogen) atoms. The second kappa shape index (κ2) is 3.89. The Hall–Kier alpha value is -1.97. The summed E-state index contributed by atoms with van der Waals surface area (Å²) in [6.07, 6.45) is 0.662. The molecule has 0 fully saturated rings. The quantitative estimate of drug-likeness (QED) is 0.725. The van der Waals surface area contributed by atoms with Crippen molar-refractivity contribution in [3.63, 3.8) is 0 Å². The Labute approximate surface area is 92.5 Å². The number of hydrogen-bond acceptors (Lipinski definition) is 2. The summed E-state index contributed by atoms with van der Waals surface area (Å²) < 4.78 is 14.1. The van der Waals surface area contributed by atoms with Crippen LogP contribution in [0.1, 0.15) is 11.3 Å². The number of carbonyl (C=O) groups is 1. The number of carbonyl (C=O) groups excluding carboxylic acids is 1. The summed E-state index contributed by atoms with van der Waals surface area (Å²) in [4.78, 5) is 10.7. The van der Waals surface area contributed by atoms with Crippen molar-refractivity contribution in [2.45, 2.75) is 13.8 Å². The Bertz CT molecular complexity index is 529. The van der Waals surface area contributed by atoms with E-state index < -0.39 is 0 Å². The fourth-order valence-electron chi connectivity index (χ4n) is 1.59. The number of hydrogen-bond donors (Lipinski definition) is 0. The van der Waals surface area contributed by atoms with Gasteiger partial charge in [0.15, 0.2) is 0 Å². The van der Waals surface area contributed by atoms with Crippen LogP contribution in [0.5, 0.6) is 0 Å². The van der Waals surface area contributed by atoms with Gasteiger partial charge in [0.25, 0.3) is 0 Å². The van der Waals surface area contributed by atoms with Gasteiger partial charge < -0.3 is 0 Å². The predicted octanol–water partition coefficient (Wildman–Crippen LogP) is 2.34. The van der Waals surface area contributed by atoms with E-state index in [4.69, 9.17) is 0 Å². The Balaban J connectivity index is 2.56. The normalized spacial score (nSPS) is 10.4. The van der Waals surface area contributed by atoms with E-state index in [0.717, 1.165) is 16.8 Å². The van der Waals surface area contributed by atoms with Gasteiger partial charge in [-0.05, 0) is 43.7 Å². The minimum atomic E-state index is -0.284. The van der Waals surface area contributed by atoms with Gasteiger partial charge in [0.2, 0.25) is 6.41 Å². The van der Waals surface area contributed by atoms with Crippen molar-refractivity contribution < 1.29 is 9.18 Å². The van der Waals surface area contributed by atoms with E-state index in [-0.39, 0.29) is 5.82 Å². The first-order valence-electron chi connectivity index (χ1n) is 4.90. The van der Waals surface area contributed by atoms with Gasteiger partial charge in [-0.1, -0.05) is 0 Å². The molecule has 0 radical (unpaired) electrons. The van der Waals surface area contributed by atoms with E-state index in [1.54, 1.807) is 12.1 Å². The average molecular weight is 218 g/mol. The first-order chi connectivity index (χ1) is 7.63. The van der Waals surface area contributed by atoms with Gasteiger partial charge >= 0.3 is 0 Å². The molecule has 0 amide bonds. The highest BCUT2D eigenvalue weighted by molar-refractivity contribution is 5.66. The van der Waals surface area contributed by atoms with Gasteiger partial charge in [-0.3, -0.25) is 4.79 Å². The Morgan fingerprint density at radius 1 is 1.25 bits per heavy atom. The molecule has 3 nitrogen and oxygen atoms in total. The molecule has 0 N–H and O–H groups in total. The SMILES string of the molecule is Cc1c(-c2ccc(F)cc2)nn(C=O)c1C. The maximum atomic E-state index is 12.8. The van der Waals surface area contributed by atoms with Crippen LogP contribution in [0.2, 0.25) is 0 Å². The molecule has 1 aromatic heterocycles. The molecule has 0 saturated heterocycles. The predicted molar refractivity (Wildman–Crippen MR) is 59.2 cm³/mol. The summed E-state index contributed by atoms with van der Waals surface area (Å²) in [5.41, 5.74) is 3.25. The van der Waals surface area contributed by atoms with Gasteiger partial charge in [0.05, 0.1) is 5.69 Å². The summed E-state index contributed by atoms with van der Waals surface area (Å²) in [6.45, 7) is 3.71. The van der Waals surface area contributed by atoms with Crippen molar-refractivity contribution in [1.82, 2.24) is 9.78 Å². The van der Waals surface area contributed by atoms with Gasteiger partial charge in [-0.2, -0.15) is 5.10 Å². The van der Waals surface area contributed by atoms with E-state index in [9.17, 15) is 9.18 Å². The third-order valence-electron chi connectivity index (χ3n) is 2.67. The number of benzene rings is 1. The molecule has 0 saturated carbocycles. The molecule has 0 aliphatic heterocycles. The second-order valence-corrected chi connectivity index (χ2v) is 3.62. The van der Waals surface area contributed by atoms with E-state index >= 15 is 0 Å². The summed E-state index contributed by atoms with van der Waals surface area (Å²) in [5.74, 6) is -0.284. The van der Waals surface area contributed by atoms with Crippen molar-refractivity contribution in [2.24, 2.45) is 0 Å². The van der Waals surface area contributed by atoms with Crippen LogP contribution in [0.3, 0.4) is 0 Å². The smallest absolute Gasteiger partial charge is 0.234 e.